The van der Waals surface area contributed by atoms with Crippen LogP contribution in [0.5, 0.6) is 0 Å². The molecule has 19 heavy (non-hydrogen) atoms. The van der Waals surface area contributed by atoms with Crippen molar-refractivity contribution in [3.63, 3.8) is 0 Å². The van der Waals surface area contributed by atoms with Crippen LogP contribution in [-0.4, -0.2) is 21.5 Å². The molecule has 1 aliphatic carbocycles. The molecular formula is C13H14ClN3O2. The Bertz CT molecular complexity index is 564. The highest BCUT2D eigenvalue weighted by molar-refractivity contribution is 6.29. The monoisotopic (exact) mass is 279 g/mol. The topological polar surface area (TPSA) is 60.1 Å². The summed E-state index contributed by atoms with van der Waals surface area (Å²) in [6.07, 6.45) is 8.57. The highest BCUT2D eigenvalue weighted by Gasteiger charge is 2.30. The minimum atomic E-state index is -0.219. The van der Waals surface area contributed by atoms with Crippen LogP contribution in [0.15, 0.2) is 35.3 Å². The van der Waals surface area contributed by atoms with Gasteiger partial charge in [-0.25, -0.2) is 4.98 Å². The fourth-order valence-electron chi connectivity index (χ4n) is 2.61. The van der Waals surface area contributed by atoms with Crippen molar-refractivity contribution >= 4 is 17.5 Å². The van der Waals surface area contributed by atoms with Crippen LogP contribution in [-0.2, 0) is 0 Å². The lowest BCUT2D eigenvalue weighted by atomic mass is 10.1. The lowest BCUT2D eigenvalue weighted by Crippen LogP contribution is -2.37. The molecule has 1 aliphatic rings. The van der Waals surface area contributed by atoms with Gasteiger partial charge in [-0.1, -0.05) is 0 Å². The van der Waals surface area contributed by atoms with Crippen LogP contribution in [0, 0.1) is 0 Å². The van der Waals surface area contributed by atoms with E-state index in [4.69, 9.17) is 16.0 Å². The summed E-state index contributed by atoms with van der Waals surface area (Å²) in [5.41, 5.74) is 0. The normalized spacial score (nSPS) is 22.6. The third kappa shape index (κ3) is 2.51. The number of carbonyl (C=O) groups excluding carboxylic acids is 1. The molecule has 0 radical (unpaired) electrons. The summed E-state index contributed by atoms with van der Waals surface area (Å²) in [6.45, 7) is 0. The first kappa shape index (κ1) is 12.3. The minimum absolute atomic E-state index is 0.102. The molecule has 100 valence electrons. The van der Waals surface area contributed by atoms with E-state index in [1.165, 1.54) is 0 Å². The number of hydrogen-bond acceptors (Lipinski definition) is 3. The Morgan fingerprint density at radius 1 is 1.47 bits per heavy atom. The number of hydrogen-bond donors (Lipinski definition) is 1. The SMILES string of the molecule is O=C(NC1CCCC1n1ccnc1)c1ccc(Cl)o1. The molecule has 1 fully saturated rings. The predicted molar refractivity (Wildman–Crippen MR) is 70.1 cm³/mol. The number of aromatic nitrogens is 2. The zero-order valence-corrected chi connectivity index (χ0v) is 11.0. The minimum Gasteiger partial charge on any atom is -0.440 e. The molecule has 0 aliphatic heterocycles. The van der Waals surface area contributed by atoms with Crippen molar-refractivity contribution in [2.75, 3.05) is 0 Å². The van der Waals surface area contributed by atoms with Crippen LogP contribution in [0.3, 0.4) is 0 Å². The second kappa shape index (κ2) is 5.09. The molecular weight excluding hydrogens is 266 g/mol. The van der Waals surface area contributed by atoms with Crippen molar-refractivity contribution < 1.29 is 9.21 Å². The van der Waals surface area contributed by atoms with Gasteiger partial charge in [0.2, 0.25) is 0 Å². The molecule has 0 bridgehead atoms. The second-order valence-electron chi connectivity index (χ2n) is 4.69. The summed E-state index contributed by atoms with van der Waals surface area (Å²) in [7, 11) is 0. The predicted octanol–water partition coefficient (Wildman–Crippen LogP) is 2.65. The lowest BCUT2D eigenvalue weighted by Gasteiger charge is -2.21. The van der Waals surface area contributed by atoms with E-state index in [1.807, 2.05) is 10.8 Å². The van der Waals surface area contributed by atoms with Crippen molar-refractivity contribution in [1.82, 2.24) is 14.9 Å². The summed E-state index contributed by atoms with van der Waals surface area (Å²) in [5, 5.41) is 3.23. The van der Waals surface area contributed by atoms with Crippen molar-refractivity contribution in [2.45, 2.75) is 31.3 Å². The van der Waals surface area contributed by atoms with Gasteiger partial charge < -0.3 is 14.3 Å². The molecule has 2 aromatic heterocycles. The van der Waals surface area contributed by atoms with Gasteiger partial charge in [0.25, 0.3) is 5.91 Å². The van der Waals surface area contributed by atoms with Gasteiger partial charge in [0.15, 0.2) is 11.0 Å². The molecule has 1 amide bonds. The number of nitrogens with one attached hydrogen (secondary N) is 1. The molecule has 2 unspecified atom stereocenters. The largest absolute Gasteiger partial charge is 0.440 e. The molecule has 2 aromatic rings. The number of furan rings is 1. The number of imidazole rings is 1. The van der Waals surface area contributed by atoms with E-state index in [0.29, 0.717) is 0 Å². The highest BCUT2D eigenvalue weighted by Crippen LogP contribution is 2.30. The standard InChI is InChI=1S/C13H14ClN3O2/c14-12-5-4-11(19-12)13(18)16-9-2-1-3-10(9)17-7-6-15-8-17/h4-10H,1-3H2,(H,16,18). The second-order valence-corrected chi connectivity index (χ2v) is 5.06. The summed E-state index contributed by atoms with van der Waals surface area (Å²) in [5.74, 6) is 0.0326. The maximum Gasteiger partial charge on any atom is 0.287 e. The van der Waals surface area contributed by atoms with E-state index in [-0.39, 0.29) is 29.0 Å². The third-order valence-electron chi connectivity index (χ3n) is 3.50. The van der Waals surface area contributed by atoms with Gasteiger partial charge in [-0.3, -0.25) is 4.79 Å². The first-order valence-corrected chi connectivity index (χ1v) is 6.65. The Labute approximate surface area is 115 Å². The Morgan fingerprint density at radius 2 is 2.37 bits per heavy atom. The summed E-state index contributed by atoms with van der Waals surface area (Å²) in [4.78, 5) is 16.1. The molecule has 0 spiro atoms. The molecule has 3 rings (SSSR count). The Hall–Kier alpha value is -1.75. The zero-order valence-electron chi connectivity index (χ0n) is 10.3. The van der Waals surface area contributed by atoms with Crippen molar-refractivity contribution in [3.05, 3.63) is 41.8 Å². The quantitative estimate of drug-likeness (QED) is 0.940. The smallest absolute Gasteiger partial charge is 0.287 e. The number of carbonyl (C=O) groups is 1. The van der Waals surface area contributed by atoms with Crippen LogP contribution in [0.25, 0.3) is 0 Å². The van der Waals surface area contributed by atoms with Crippen LogP contribution in [0.1, 0.15) is 35.9 Å². The first-order chi connectivity index (χ1) is 9.24. The van der Waals surface area contributed by atoms with Gasteiger partial charge in [0.1, 0.15) is 0 Å². The van der Waals surface area contributed by atoms with E-state index < -0.39 is 0 Å². The molecule has 0 aromatic carbocycles. The van der Waals surface area contributed by atoms with Gasteiger partial charge in [-0.15, -0.1) is 0 Å². The zero-order chi connectivity index (χ0) is 13.2. The number of halogens is 1. The number of nitrogens with zero attached hydrogens (tertiary/aromatic N) is 2. The lowest BCUT2D eigenvalue weighted by molar-refractivity contribution is 0.0901. The average Bonchev–Trinajstić information content (AvgIpc) is 3.07. The van der Waals surface area contributed by atoms with Gasteiger partial charge in [-0.2, -0.15) is 0 Å². The van der Waals surface area contributed by atoms with E-state index in [9.17, 15) is 4.79 Å². The van der Waals surface area contributed by atoms with Gasteiger partial charge in [-0.05, 0) is 43.0 Å². The van der Waals surface area contributed by atoms with E-state index in [1.54, 1.807) is 24.7 Å². The third-order valence-corrected chi connectivity index (χ3v) is 3.70. The fourth-order valence-corrected chi connectivity index (χ4v) is 2.75. The van der Waals surface area contributed by atoms with Crippen molar-refractivity contribution in [1.29, 1.82) is 0 Å². The summed E-state index contributed by atoms with van der Waals surface area (Å²) < 4.78 is 7.16. The first-order valence-electron chi connectivity index (χ1n) is 6.27. The maximum absolute atomic E-state index is 12.0. The molecule has 1 saturated carbocycles. The van der Waals surface area contributed by atoms with Gasteiger partial charge in [0, 0.05) is 12.4 Å². The van der Waals surface area contributed by atoms with Crippen molar-refractivity contribution in [3.8, 4) is 0 Å². The Balaban J connectivity index is 1.70. The van der Waals surface area contributed by atoms with E-state index in [2.05, 4.69) is 10.3 Å². The van der Waals surface area contributed by atoms with E-state index >= 15 is 0 Å². The number of amides is 1. The van der Waals surface area contributed by atoms with Crippen LogP contribution in [0.2, 0.25) is 5.22 Å². The molecule has 2 heterocycles. The molecule has 0 saturated heterocycles. The van der Waals surface area contributed by atoms with Crippen LogP contribution >= 0.6 is 11.6 Å². The van der Waals surface area contributed by atoms with Crippen LogP contribution < -0.4 is 5.32 Å². The number of rotatable bonds is 3. The maximum atomic E-state index is 12.0. The van der Waals surface area contributed by atoms with E-state index in [0.717, 1.165) is 19.3 Å². The summed E-state index contributed by atoms with van der Waals surface area (Å²) >= 11 is 5.67. The molecule has 2 atom stereocenters. The molecule has 5 nitrogen and oxygen atoms in total. The summed E-state index contributed by atoms with van der Waals surface area (Å²) in [6, 6.07) is 3.51. The van der Waals surface area contributed by atoms with Crippen molar-refractivity contribution in [2.24, 2.45) is 0 Å². The Kier molecular flexibility index (Phi) is 3.29. The average molecular weight is 280 g/mol. The van der Waals surface area contributed by atoms with Crippen LogP contribution in [0.4, 0.5) is 0 Å². The molecule has 6 heteroatoms. The molecule has 1 N–H and O–H groups in total. The van der Waals surface area contributed by atoms with Gasteiger partial charge >= 0.3 is 0 Å². The fraction of sp³-hybridized carbons (Fsp3) is 0.385. The highest BCUT2D eigenvalue weighted by atomic mass is 35.5. The van der Waals surface area contributed by atoms with Gasteiger partial charge in [0.05, 0.1) is 18.4 Å². The Morgan fingerprint density at radius 3 is 3.05 bits per heavy atom.